The zero-order valence-electron chi connectivity index (χ0n) is 11.3. The predicted molar refractivity (Wildman–Crippen MR) is 77.5 cm³/mol. The van der Waals surface area contributed by atoms with Gasteiger partial charge < -0.3 is 11.1 Å². The van der Waals surface area contributed by atoms with Crippen LogP contribution in [0.4, 0.5) is 5.82 Å². The van der Waals surface area contributed by atoms with Gasteiger partial charge in [0.05, 0.1) is 11.2 Å². The van der Waals surface area contributed by atoms with Crippen LogP contribution in [-0.2, 0) is 4.79 Å². The first-order valence-corrected chi connectivity index (χ1v) is 6.37. The first-order valence-electron chi connectivity index (χ1n) is 6.37. The normalized spacial score (nSPS) is 12.7. The van der Waals surface area contributed by atoms with E-state index in [-0.39, 0.29) is 0 Å². The lowest BCUT2D eigenvalue weighted by molar-refractivity contribution is -0.118. The highest BCUT2D eigenvalue weighted by atomic mass is 16.1. The van der Waals surface area contributed by atoms with Gasteiger partial charge >= 0.3 is 0 Å². The molecule has 0 radical (unpaired) electrons. The van der Waals surface area contributed by atoms with E-state index in [2.05, 4.69) is 15.4 Å². The molecule has 1 atom stereocenters. The van der Waals surface area contributed by atoms with E-state index in [0.29, 0.717) is 5.82 Å². The van der Waals surface area contributed by atoms with Crippen molar-refractivity contribution in [3.05, 3.63) is 36.0 Å². The van der Waals surface area contributed by atoms with Crippen molar-refractivity contribution in [1.82, 2.24) is 14.6 Å². The second-order valence-electron chi connectivity index (χ2n) is 4.80. The molecule has 20 heavy (non-hydrogen) atoms. The molecule has 3 aromatic rings. The van der Waals surface area contributed by atoms with Crippen LogP contribution in [0.25, 0.3) is 16.6 Å². The van der Waals surface area contributed by atoms with Crippen LogP contribution in [0.15, 0.2) is 30.3 Å². The molecule has 0 saturated heterocycles. The van der Waals surface area contributed by atoms with Gasteiger partial charge in [-0.05, 0) is 26.0 Å². The molecule has 3 N–H and O–H groups in total. The number of aryl methyl sites for hydroxylation is 1. The number of rotatable bonds is 3. The number of hydrogen-bond donors (Lipinski definition) is 2. The maximum absolute atomic E-state index is 11.2. The Hall–Kier alpha value is -2.63. The molecule has 0 aliphatic rings. The molecule has 1 aromatic carbocycles. The Balaban J connectivity index is 2.25. The monoisotopic (exact) mass is 269 g/mol. The molecule has 3 rings (SSSR count). The van der Waals surface area contributed by atoms with Crippen LogP contribution < -0.4 is 11.1 Å². The zero-order valence-corrected chi connectivity index (χ0v) is 11.3. The topological polar surface area (TPSA) is 85.3 Å². The SMILES string of the molecule is Cc1cc2nc(N[C@@H](C)C(N)=O)c3ccccc3n2n1. The number of hydrogen-bond acceptors (Lipinski definition) is 4. The van der Waals surface area contributed by atoms with E-state index in [0.717, 1.165) is 22.2 Å². The summed E-state index contributed by atoms with van der Waals surface area (Å²) in [5, 5.41) is 8.39. The van der Waals surface area contributed by atoms with E-state index in [1.165, 1.54) is 0 Å². The molecular formula is C14H15N5O. The summed E-state index contributed by atoms with van der Waals surface area (Å²) in [6.07, 6.45) is 0. The third-order valence-corrected chi connectivity index (χ3v) is 3.21. The largest absolute Gasteiger partial charge is 0.368 e. The molecule has 0 bridgehead atoms. The molecule has 0 aliphatic heterocycles. The number of para-hydroxylation sites is 1. The Bertz CT molecular complexity index is 808. The molecule has 0 fully saturated rings. The molecule has 2 heterocycles. The van der Waals surface area contributed by atoms with Gasteiger partial charge in [-0.15, -0.1) is 0 Å². The number of aromatic nitrogens is 3. The second-order valence-corrected chi connectivity index (χ2v) is 4.80. The summed E-state index contributed by atoms with van der Waals surface area (Å²) in [6.45, 7) is 3.63. The molecule has 6 heteroatoms. The summed E-state index contributed by atoms with van der Waals surface area (Å²) in [5.41, 5.74) is 7.86. The van der Waals surface area contributed by atoms with Crippen LogP contribution in [0.3, 0.4) is 0 Å². The number of amides is 1. The summed E-state index contributed by atoms with van der Waals surface area (Å²) < 4.78 is 1.80. The van der Waals surface area contributed by atoms with E-state index >= 15 is 0 Å². The predicted octanol–water partition coefficient (Wildman–Crippen LogP) is 1.48. The van der Waals surface area contributed by atoms with E-state index < -0.39 is 11.9 Å². The quantitative estimate of drug-likeness (QED) is 0.754. The number of carbonyl (C=O) groups excluding carboxylic acids is 1. The van der Waals surface area contributed by atoms with E-state index in [9.17, 15) is 4.79 Å². The summed E-state index contributed by atoms with van der Waals surface area (Å²) in [4.78, 5) is 15.7. The number of nitrogens with one attached hydrogen (secondary N) is 1. The van der Waals surface area contributed by atoms with Crippen LogP contribution in [0.5, 0.6) is 0 Å². The number of fused-ring (bicyclic) bond motifs is 3. The molecule has 1 amide bonds. The van der Waals surface area contributed by atoms with Crippen LogP contribution in [0, 0.1) is 6.92 Å². The van der Waals surface area contributed by atoms with Crippen molar-refractivity contribution < 1.29 is 4.79 Å². The molecule has 0 aliphatic carbocycles. The van der Waals surface area contributed by atoms with Crippen molar-refractivity contribution in [3.63, 3.8) is 0 Å². The van der Waals surface area contributed by atoms with Gasteiger partial charge in [-0.2, -0.15) is 5.10 Å². The Kier molecular flexibility index (Phi) is 2.78. The van der Waals surface area contributed by atoms with Gasteiger partial charge in [-0.1, -0.05) is 12.1 Å². The average Bonchev–Trinajstić information content (AvgIpc) is 2.79. The fraction of sp³-hybridized carbons (Fsp3) is 0.214. The minimum atomic E-state index is -0.489. The summed E-state index contributed by atoms with van der Waals surface area (Å²) in [5.74, 6) is 0.222. The van der Waals surface area contributed by atoms with E-state index in [1.54, 1.807) is 11.4 Å². The third kappa shape index (κ3) is 1.95. The lowest BCUT2D eigenvalue weighted by Crippen LogP contribution is -2.32. The molecular weight excluding hydrogens is 254 g/mol. The number of carbonyl (C=O) groups is 1. The lowest BCUT2D eigenvalue weighted by Gasteiger charge is -2.13. The Morgan fingerprint density at radius 2 is 2.15 bits per heavy atom. The zero-order chi connectivity index (χ0) is 14.3. The minimum absolute atomic E-state index is 0.416. The van der Waals surface area contributed by atoms with Crippen molar-refractivity contribution in [1.29, 1.82) is 0 Å². The lowest BCUT2D eigenvalue weighted by atomic mass is 10.2. The first-order chi connectivity index (χ1) is 9.56. The van der Waals surface area contributed by atoms with Crippen LogP contribution >= 0.6 is 0 Å². The molecule has 6 nitrogen and oxygen atoms in total. The average molecular weight is 269 g/mol. The van der Waals surface area contributed by atoms with Gasteiger partial charge in [0.15, 0.2) is 5.65 Å². The third-order valence-electron chi connectivity index (χ3n) is 3.21. The van der Waals surface area contributed by atoms with Crippen LogP contribution in [0.2, 0.25) is 0 Å². The maximum Gasteiger partial charge on any atom is 0.239 e. The second kappa shape index (κ2) is 4.48. The fourth-order valence-electron chi connectivity index (χ4n) is 2.16. The molecule has 102 valence electrons. The van der Waals surface area contributed by atoms with Crippen molar-refractivity contribution in [2.24, 2.45) is 5.73 Å². The maximum atomic E-state index is 11.2. The molecule has 0 saturated carbocycles. The molecule has 2 aromatic heterocycles. The van der Waals surface area contributed by atoms with Gasteiger partial charge in [0.2, 0.25) is 5.91 Å². The summed E-state index contributed by atoms with van der Waals surface area (Å²) in [7, 11) is 0. The summed E-state index contributed by atoms with van der Waals surface area (Å²) in [6, 6.07) is 9.18. The smallest absolute Gasteiger partial charge is 0.239 e. The van der Waals surface area contributed by atoms with Crippen LogP contribution in [-0.4, -0.2) is 26.5 Å². The van der Waals surface area contributed by atoms with Gasteiger partial charge in [0.25, 0.3) is 0 Å². The Morgan fingerprint density at radius 3 is 2.90 bits per heavy atom. The standard InChI is InChI=1S/C14H15N5O/c1-8-7-12-17-14(16-9(2)13(15)20)10-5-3-4-6-11(10)19(12)18-8/h3-7,9H,1-2H3,(H2,15,20)(H,16,17)/t9-/m0/s1. The fourth-order valence-corrected chi connectivity index (χ4v) is 2.16. The molecule has 0 unspecified atom stereocenters. The van der Waals surface area contributed by atoms with Crippen molar-refractivity contribution in [2.45, 2.75) is 19.9 Å². The number of benzene rings is 1. The van der Waals surface area contributed by atoms with E-state index in [4.69, 9.17) is 5.73 Å². The summed E-state index contributed by atoms with van der Waals surface area (Å²) >= 11 is 0. The highest BCUT2D eigenvalue weighted by Gasteiger charge is 2.14. The highest BCUT2D eigenvalue weighted by Crippen LogP contribution is 2.23. The number of nitrogens with zero attached hydrogens (tertiary/aromatic N) is 3. The van der Waals surface area contributed by atoms with Crippen molar-refractivity contribution >= 4 is 28.3 Å². The number of anilines is 1. The van der Waals surface area contributed by atoms with E-state index in [1.807, 2.05) is 37.3 Å². The number of primary amides is 1. The minimum Gasteiger partial charge on any atom is -0.368 e. The molecule has 0 spiro atoms. The van der Waals surface area contributed by atoms with Gasteiger partial charge in [0, 0.05) is 11.5 Å². The Labute approximate surface area is 115 Å². The van der Waals surface area contributed by atoms with Gasteiger partial charge in [0.1, 0.15) is 11.9 Å². The van der Waals surface area contributed by atoms with Crippen LogP contribution in [0.1, 0.15) is 12.6 Å². The highest BCUT2D eigenvalue weighted by molar-refractivity contribution is 5.93. The van der Waals surface area contributed by atoms with Crippen molar-refractivity contribution in [3.8, 4) is 0 Å². The van der Waals surface area contributed by atoms with Gasteiger partial charge in [-0.25, -0.2) is 9.50 Å². The Morgan fingerprint density at radius 1 is 1.40 bits per heavy atom. The van der Waals surface area contributed by atoms with Gasteiger partial charge in [-0.3, -0.25) is 4.79 Å². The number of nitrogens with two attached hydrogens (primary N) is 1. The van der Waals surface area contributed by atoms with Crippen molar-refractivity contribution in [2.75, 3.05) is 5.32 Å². The first kappa shape index (κ1) is 12.4.